The van der Waals surface area contributed by atoms with Crippen molar-refractivity contribution in [1.82, 2.24) is 15.0 Å². The standard InChI is InChI=1S/C18H18ClN5O/c1-11-3-6-13(7-4-11)10-24-17(20)16(22-23-24)18(25)21-15-8-5-12(2)9-14(15)19/h3-9H,10,20H2,1-2H3,(H,21,25). The Bertz CT molecular complexity index is 918. The Morgan fingerprint density at radius 2 is 1.84 bits per heavy atom. The van der Waals surface area contributed by atoms with Gasteiger partial charge in [0.1, 0.15) is 0 Å². The van der Waals surface area contributed by atoms with Crippen molar-refractivity contribution in [3.05, 3.63) is 69.9 Å². The van der Waals surface area contributed by atoms with Gasteiger partial charge in [-0.05, 0) is 37.1 Å². The number of nitrogen functional groups attached to an aromatic ring is 1. The van der Waals surface area contributed by atoms with E-state index in [2.05, 4.69) is 15.6 Å². The van der Waals surface area contributed by atoms with Gasteiger partial charge in [-0.3, -0.25) is 4.79 Å². The van der Waals surface area contributed by atoms with Crippen LogP contribution in [0.15, 0.2) is 42.5 Å². The second-order valence-corrected chi connectivity index (χ2v) is 6.31. The van der Waals surface area contributed by atoms with Crippen LogP contribution in [0.5, 0.6) is 0 Å². The molecule has 2 aromatic carbocycles. The van der Waals surface area contributed by atoms with Crippen molar-refractivity contribution in [3.63, 3.8) is 0 Å². The number of aromatic nitrogens is 3. The van der Waals surface area contributed by atoms with Crippen LogP contribution < -0.4 is 11.1 Å². The molecule has 6 nitrogen and oxygen atoms in total. The molecular formula is C18H18ClN5O. The molecule has 0 aliphatic heterocycles. The largest absolute Gasteiger partial charge is 0.382 e. The lowest BCUT2D eigenvalue weighted by Gasteiger charge is -2.07. The minimum atomic E-state index is -0.446. The van der Waals surface area contributed by atoms with E-state index in [4.69, 9.17) is 17.3 Å². The molecule has 0 radical (unpaired) electrons. The lowest BCUT2D eigenvalue weighted by molar-refractivity contribution is 0.102. The van der Waals surface area contributed by atoms with Gasteiger partial charge in [0.25, 0.3) is 5.91 Å². The van der Waals surface area contributed by atoms with Crippen LogP contribution in [0.1, 0.15) is 27.2 Å². The zero-order chi connectivity index (χ0) is 18.0. The summed E-state index contributed by atoms with van der Waals surface area (Å²) in [6.07, 6.45) is 0. The van der Waals surface area contributed by atoms with E-state index in [0.717, 1.165) is 11.1 Å². The topological polar surface area (TPSA) is 85.8 Å². The van der Waals surface area contributed by atoms with Gasteiger partial charge in [-0.15, -0.1) is 5.10 Å². The van der Waals surface area contributed by atoms with Gasteiger partial charge in [-0.1, -0.05) is 52.7 Å². The van der Waals surface area contributed by atoms with Crippen LogP contribution >= 0.6 is 11.6 Å². The Labute approximate surface area is 150 Å². The summed E-state index contributed by atoms with van der Waals surface area (Å²) in [4.78, 5) is 12.4. The lowest BCUT2D eigenvalue weighted by Crippen LogP contribution is -2.15. The molecule has 0 saturated heterocycles. The van der Waals surface area contributed by atoms with E-state index in [1.807, 2.05) is 44.2 Å². The van der Waals surface area contributed by atoms with E-state index in [-0.39, 0.29) is 11.5 Å². The Kier molecular flexibility index (Phi) is 4.72. The van der Waals surface area contributed by atoms with Gasteiger partial charge in [-0.25, -0.2) is 4.68 Å². The highest BCUT2D eigenvalue weighted by Crippen LogP contribution is 2.23. The fraction of sp³-hybridized carbons (Fsp3) is 0.167. The number of nitrogens with two attached hydrogens (primary N) is 1. The highest BCUT2D eigenvalue weighted by molar-refractivity contribution is 6.34. The Balaban J connectivity index is 1.77. The predicted octanol–water partition coefficient (Wildman–Crippen LogP) is 3.43. The number of nitrogens with one attached hydrogen (secondary N) is 1. The third-order valence-corrected chi connectivity index (χ3v) is 4.13. The molecule has 0 atom stereocenters. The van der Waals surface area contributed by atoms with E-state index < -0.39 is 5.91 Å². The number of hydrogen-bond donors (Lipinski definition) is 2. The number of carbonyl (C=O) groups excluding carboxylic acids is 1. The molecule has 3 rings (SSSR count). The van der Waals surface area contributed by atoms with E-state index in [9.17, 15) is 4.79 Å². The monoisotopic (exact) mass is 355 g/mol. The van der Waals surface area contributed by atoms with Gasteiger partial charge in [0, 0.05) is 0 Å². The average Bonchev–Trinajstić information content (AvgIpc) is 2.93. The van der Waals surface area contributed by atoms with Crippen molar-refractivity contribution >= 4 is 29.0 Å². The molecule has 0 aliphatic carbocycles. The number of anilines is 2. The van der Waals surface area contributed by atoms with Crippen molar-refractivity contribution in [3.8, 4) is 0 Å². The Morgan fingerprint density at radius 3 is 2.52 bits per heavy atom. The van der Waals surface area contributed by atoms with E-state index in [1.54, 1.807) is 12.1 Å². The number of rotatable bonds is 4. The molecule has 128 valence electrons. The van der Waals surface area contributed by atoms with Crippen molar-refractivity contribution in [1.29, 1.82) is 0 Å². The maximum Gasteiger partial charge on any atom is 0.280 e. The first-order chi connectivity index (χ1) is 11.9. The van der Waals surface area contributed by atoms with Gasteiger partial charge < -0.3 is 11.1 Å². The SMILES string of the molecule is Cc1ccc(Cn2nnc(C(=O)Nc3ccc(C)cc3Cl)c2N)cc1. The molecule has 25 heavy (non-hydrogen) atoms. The van der Waals surface area contributed by atoms with E-state index >= 15 is 0 Å². The molecule has 0 spiro atoms. The quantitative estimate of drug-likeness (QED) is 0.750. The van der Waals surface area contributed by atoms with Crippen LogP contribution in [0.3, 0.4) is 0 Å². The average molecular weight is 356 g/mol. The molecule has 0 aliphatic rings. The molecule has 7 heteroatoms. The fourth-order valence-corrected chi connectivity index (χ4v) is 2.65. The molecule has 3 N–H and O–H groups in total. The van der Waals surface area contributed by atoms with Crippen molar-refractivity contribution in [2.45, 2.75) is 20.4 Å². The van der Waals surface area contributed by atoms with Gasteiger partial charge >= 0.3 is 0 Å². The first-order valence-corrected chi connectivity index (χ1v) is 8.14. The van der Waals surface area contributed by atoms with Gasteiger partial charge in [0.2, 0.25) is 0 Å². The van der Waals surface area contributed by atoms with Crippen molar-refractivity contribution in [2.75, 3.05) is 11.1 Å². The molecule has 1 amide bonds. The van der Waals surface area contributed by atoms with Gasteiger partial charge in [-0.2, -0.15) is 0 Å². The zero-order valence-corrected chi connectivity index (χ0v) is 14.7. The lowest BCUT2D eigenvalue weighted by atomic mass is 10.1. The highest BCUT2D eigenvalue weighted by atomic mass is 35.5. The second-order valence-electron chi connectivity index (χ2n) is 5.90. The minimum absolute atomic E-state index is 0.0729. The number of halogens is 1. The number of aryl methyl sites for hydroxylation is 2. The fourth-order valence-electron chi connectivity index (χ4n) is 2.37. The number of hydrogen-bond acceptors (Lipinski definition) is 4. The maximum atomic E-state index is 12.4. The molecule has 1 aromatic heterocycles. The first-order valence-electron chi connectivity index (χ1n) is 7.76. The Hall–Kier alpha value is -2.86. The number of carbonyl (C=O) groups is 1. The second kappa shape index (κ2) is 6.94. The number of amides is 1. The number of nitrogens with zero attached hydrogens (tertiary/aromatic N) is 3. The van der Waals surface area contributed by atoms with Crippen LogP contribution in [0, 0.1) is 13.8 Å². The summed E-state index contributed by atoms with van der Waals surface area (Å²) in [5, 5.41) is 11.1. The van der Waals surface area contributed by atoms with Gasteiger partial charge in [0.05, 0.1) is 17.3 Å². The number of benzene rings is 2. The molecule has 3 aromatic rings. The molecule has 0 fully saturated rings. The summed E-state index contributed by atoms with van der Waals surface area (Å²) in [5.74, 6) is -0.236. The maximum absolute atomic E-state index is 12.4. The highest BCUT2D eigenvalue weighted by Gasteiger charge is 2.18. The summed E-state index contributed by atoms with van der Waals surface area (Å²) in [5.41, 5.74) is 9.82. The normalized spacial score (nSPS) is 10.7. The molecule has 0 bridgehead atoms. The van der Waals surface area contributed by atoms with Crippen molar-refractivity contribution in [2.24, 2.45) is 0 Å². The minimum Gasteiger partial charge on any atom is -0.382 e. The third kappa shape index (κ3) is 3.80. The van der Waals surface area contributed by atoms with Crippen LogP contribution in [-0.2, 0) is 6.54 Å². The summed E-state index contributed by atoms with van der Waals surface area (Å²) in [6.45, 7) is 4.38. The van der Waals surface area contributed by atoms with Crippen LogP contribution in [0.25, 0.3) is 0 Å². The molecule has 0 unspecified atom stereocenters. The third-order valence-electron chi connectivity index (χ3n) is 3.81. The first kappa shape index (κ1) is 17.0. The smallest absolute Gasteiger partial charge is 0.280 e. The summed E-state index contributed by atoms with van der Waals surface area (Å²) >= 11 is 6.14. The zero-order valence-electron chi connectivity index (χ0n) is 14.0. The summed E-state index contributed by atoms with van der Waals surface area (Å²) < 4.78 is 1.50. The van der Waals surface area contributed by atoms with Crippen molar-refractivity contribution < 1.29 is 4.79 Å². The molecular weight excluding hydrogens is 338 g/mol. The predicted molar refractivity (Wildman–Crippen MR) is 98.9 cm³/mol. The van der Waals surface area contributed by atoms with E-state index in [1.165, 1.54) is 10.2 Å². The summed E-state index contributed by atoms with van der Waals surface area (Å²) in [7, 11) is 0. The molecule has 0 saturated carbocycles. The van der Waals surface area contributed by atoms with Crippen LogP contribution in [0.2, 0.25) is 5.02 Å². The van der Waals surface area contributed by atoms with Gasteiger partial charge in [0.15, 0.2) is 11.5 Å². The van der Waals surface area contributed by atoms with Crippen LogP contribution in [0.4, 0.5) is 11.5 Å². The molecule has 1 heterocycles. The van der Waals surface area contributed by atoms with E-state index in [0.29, 0.717) is 17.3 Å². The Morgan fingerprint density at radius 1 is 1.16 bits per heavy atom. The summed E-state index contributed by atoms with van der Waals surface area (Å²) in [6, 6.07) is 13.4. The van der Waals surface area contributed by atoms with Crippen LogP contribution in [-0.4, -0.2) is 20.9 Å².